The predicted octanol–water partition coefficient (Wildman–Crippen LogP) is 1.77. The van der Waals surface area contributed by atoms with Gasteiger partial charge in [-0.2, -0.15) is 0 Å². The van der Waals surface area contributed by atoms with Crippen LogP contribution in [-0.2, 0) is 4.79 Å². The molecule has 1 aromatic rings. The highest BCUT2D eigenvalue weighted by molar-refractivity contribution is 6.31. The first kappa shape index (κ1) is 11.0. The lowest BCUT2D eigenvalue weighted by atomic mass is 10.2. The van der Waals surface area contributed by atoms with E-state index in [0.717, 1.165) is 0 Å². The fraction of sp³-hybridized carbons (Fsp3) is 0.182. The number of anilines is 1. The Bertz CT molecular complexity index is 457. The summed E-state index contributed by atoms with van der Waals surface area (Å²) in [5, 5.41) is 6.19. The zero-order valence-electron chi connectivity index (χ0n) is 8.71. The molecule has 1 aliphatic heterocycles. The van der Waals surface area contributed by atoms with Gasteiger partial charge in [0, 0.05) is 11.6 Å². The third kappa shape index (κ3) is 2.18. The molecule has 1 amide bonds. The Morgan fingerprint density at radius 3 is 3.12 bits per heavy atom. The zero-order valence-corrected chi connectivity index (χ0v) is 9.47. The first-order chi connectivity index (χ1) is 7.70. The van der Waals surface area contributed by atoms with Crippen LogP contribution in [-0.4, -0.2) is 19.5 Å². The number of benzene rings is 1. The van der Waals surface area contributed by atoms with Gasteiger partial charge in [-0.05, 0) is 31.3 Å². The molecular weight excluding hydrogens is 228 g/mol. The molecule has 84 valence electrons. The third-order valence-electron chi connectivity index (χ3n) is 2.13. The SMILES string of the molecule is CNC/C=C1/Oc2ccc(Cl)cc2NC1=O. The van der Waals surface area contributed by atoms with Gasteiger partial charge in [-0.3, -0.25) is 4.79 Å². The van der Waals surface area contributed by atoms with Crippen molar-refractivity contribution in [3.8, 4) is 5.75 Å². The third-order valence-corrected chi connectivity index (χ3v) is 2.36. The molecule has 0 fully saturated rings. The molecule has 16 heavy (non-hydrogen) atoms. The fourth-order valence-corrected chi connectivity index (χ4v) is 1.54. The van der Waals surface area contributed by atoms with Crippen molar-refractivity contribution in [3.05, 3.63) is 35.1 Å². The number of amides is 1. The van der Waals surface area contributed by atoms with Gasteiger partial charge in [-0.25, -0.2) is 0 Å². The molecule has 1 heterocycles. The lowest BCUT2D eigenvalue weighted by Gasteiger charge is -2.19. The van der Waals surface area contributed by atoms with Gasteiger partial charge in [-0.1, -0.05) is 11.6 Å². The number of rotatable bonds is 2. The Labute approximate surface area is 98.2 Å². The van der Waals surface area contributed by atoms with Gasteiger partial charge < -0.3 is 15.4 Å². The van der Waals surface area contributed by atoms with E-state index >= 15 is 0 Å². The number of carbonyl (C=O) groups is 1. The molecule has 0 unspecified atom stereocenters. The summed E-state index contributed by atoms with van der Waals surface area (Å²) in [4.78, 5) is 11.6. The topological polar surface area (TPSA) is 50.4 Å². The molecule has 2 N–H and O–H groups in total. The molecule has 0 atom stereocenters. The number of carbonyl (C=O) groups excluding carboxylic acids is 1. The monoisotopic (exact) mass is 238 g/mol. The summed E-state index contributed by atoms with van der Waals surface area (Å²) in [6, 6.07) is 5.10. The Morgan fingerprint density at radius 1 is 1.56 bits per heavy atom. The molecule has 5 heteroatoms. The van der Waals surface area contributed by atoms with Crippen LogP contribution in [0.4, 0.5) is 5.69 Å². The first-order valence-corrected chi connectivity index (χ1v) is 5.22. The highest BCUT2D eigenvalue weighted by atomic mass is 35.5. The second-order valence-corrected chi connectivity index (χ2v) is 3.76. The number of fused-ring (bicyclic) bond motifs is 1. The van der Waals surface area contributed by atoms with E-state index < -0.39 is 0 Å². The molecule has 0 saturated carbocycles. The Morgan fingerprint density at radius 2 is 2.38 bits per heavy atom. The minimum absolute atomic E-state index is 0.259. The number of hydrogen-bond acceptors (Lipinski definition) is 3. The Kier molecular flexibility index (Phi) is 3.12. The lowest BCUT2D eigenvalue weighted by molar-refractivity contribution is -0.115. The van der Waals surface area contributed by atoms with E-state index in [-0.39, 0.29) is 5.91 Å². The fourth-order valence-electron chi connectivity index (χ4n) is 1.37. The summed E-state index contributed by atoms with van der Waals surface area (Å²) in [6.45, 7) is 0.575. The van der Waals surface area contributed by atoms with Gasteiger partial charge in [0.05, 0.1) is 5.69 Å². The molecule has 1 aliphatic rings. The Hall–Kier alpha value is -1.52. The summed E-state index contributed by atoms with van der Waals surface area (Å²) < 4.78 is 5.45. The average molecular weight is 239 g/mol. The first-order valence-electron chi connectivity index (χ1n) is 4.84. The normalized spacial score (nSPS) is 16.6. The maximum Gasteiger partial charge on any atom is 0.291 e. The van der Waals surface area contributed by atoms with Crippen molar-refractivity contribution in [1.29, 1.82) is 0 Å². The number of ether oxygens (including phenoxy) is 1. The van der Waals surface area contributed by atoms with Crippen molar-refractivity contribution in [2.24, 2.45) is 0 Å². The number of nitrogens with one attached hydrogen (secondary N) is 2. The van der Waals surface area contributed by atoms with Crippen molar-refractivity contribution in [2.75, 3.05) is 18.9 Å². The average Bonchev–Trinajstić information content (AvgIpc) is 2.26. The van der Waals surface area contributed by atoms with Crippen LogP contribution in [0.2, 0.25) is 5.02 Å². The van der Waals surface area contributed by atoms with Crippen LogP contribution in [0.25, 0.3) is 0 Å². The van der Waals surface area contributed by atoms with Gasteiger partial charge in [0.15, 0.2) is 11.5 Å². The Balaban J connectivity index is 2.28. The molecule has 0 aliphatic carbocycles. The van der Waals surface area contributed by atoms with Crippen LogP contribution in [0.3, 0.4) is 0 Å². The van der Waals surface area contributed by atoms with Gasteiger partial charge in [0.25, 0.3) is 5.91 Å². The van der Waals surface area contributed by atoms with Crippen LogP contribution < -0.4 is 15.4 Å². The number of halogens is 1. The quantitative estimate of drug-likeness (QED) is 0.773. The van der Waals surface area contributed by atoms with E-state index in [1.165, 1.54) is 0 Å². The van der Waals surface area contributed by atoms with E-state index in [4.69, 9.17) is 16.3 Å². The maximum atomic E-state index is 11.6. The van der Waals surface area contributed by atoms with E-state index in [1.54, 1.807) is 31.3 Å². The van der Waals surface area contributed by atoms with Crippen LogP contribution >= 0.6 is 11.6 Å². The molecule has 0 bridgehead atoms. The van der Waals surface area contributed by atoms with Crippen molar-refractivity contribution in [1.82, 2.24) is 5.32 Å². The summed E-state index contributed by atoms with van der Waals surface area (Å²) in [7, 11) is 1.80. The smallest absolute Gasteiger partial charge is 0.291 e. The van der Waals surface area contributed by atoms with E-state index in [0.29, 0.717) is 28.8 Å². The minimum Gasteiger partial charge on any atom is -0.450 e. The summed E-state index contributed by atoms with van der Waals surface area (Å²) in [5.74, 6) is 0.639. The molecule has 1 aromatic carbocycles. The maximum absolute atomic E-state index is 11.6. The second kappa shape index (κ2) is 4.55. The lowest BCUT2D eigenvalue weighted by Crippen LogP contribution is -2.24. The van der Waals surface area contributed by atoms with Crippen LogP contribution in [0.15, 0.2) is 30.0 Å². The van der Waals surface area contributed by atoms with Crippen molar-refractivity contribution in [3.63, 3.8) is 0 Å². The second-order valence-electron chi connectivity index (χ2n) is 3.32. The highest BCUT2D eigenvalue weighted by Crippen LogP contribution is 2.32. The van der Waals surface area contributed by atoms with Gasteiger partial charge >= 0.3 is 0 Å². The minimum atomic E-state index is -0.259. The number of likely N-dealkylation sites (N-methyl/N-ethyl adjacent to an activating group) is 1. The molecule has 0 spiro atoms. The van der Waals surface area contributed by atoms with Gasteiger partial charge in [0.1, 0.15) is 0 Å². The van der Waals surface area contributed by atoms with Gasteiger partial charge in [0.2, 0.25) is 0 Å². The van der Waals surface area contributed by atoms with Crippen LogP contribution in [0.5, 0.6) is 5.75 Å². The molecule has 0 aromatic heterocycles. The van der Waals surface area contributed by atoms with Crippen molar-refractivity contribution >= 4 is 23.2 Å². The van der Waals surface area contributed by atoms with Crippen molar-refractivity contribution < 1.29 is 9.53 Å². The van der Waals surface area contributed by atoms with Crippen LogP contribution in [0, 0.1) is 0 Å². The van der Waals surface area contributed by atoms with Crippen LogP contribution in [0.1, 0.15) is 0 Å². The summed E-state index contributed by atoms with van der Waals surface area (Å²) in [6.07, 6.45) is 1.69. The van der Waals surface area contributed by atoms with Crippen molar-refractivity contribution in [2.45, 2.75) is 0 Å². The molecule has 4 nitrogen and oxygen atoms in total. The molecule has 0 saturated heterocycles. The highest BCUT2D eigenvalue weighted by Gasteiger charge is 2.21. The number of hydrogen-bond donors (Lipinski definition) is 2. The zero-order chi connectivity index (χ0) is 11.5. The molecular formula is C11H11ClN2O2. The summed E-state index contributed by atoms with van der Waals surface area (Å²) in [5.41, 5.74) is 0.596. The van der Waals surface area contributed by atoms with Gasteiger partial charge in [-0.15, -0.1) is 0 Å². The standard InChI is InChI=1S/C11H11ClN2O2/c1-13-5-4-10-11(15)14-8-6-7(12)2-3-9(8)16-10/h2-4,6,13H,5H2,1H3,(H,14,15)/b10-4+. The molecule has 2 rings (SSSR count). The largest absolute Gasteiger partial charge is 0.450 e. The van der Waals surface area contributed by atoms with E-state index in [1.807, 2.05) is 0 Å². The summed E-state index contributed by atoms with van der Waals surface area (Å²) >= 11 is 5.81. The predicted molar refractivity (Wildman–Crippen MR) is 62.7 cm³/mol. The van der Waals surface area contributed by atoms with E-state index in [9.17, 15) is 4.79 Å². The molecule has 0 radical (unpaired) electrons. The van der Waals surface area contributed by atoms with E-state index in [2.05, 4.69) is 10.6 Å².